The third-order valence-corrected chi connectivity index (χ3v) is 2.50. The summed E-state index contributed by atoms with van der Waals surface area (Å²) in [7, 11) is 0. The Hall–Kier alpha value is -0.570. The molecule has 0 aromatic heterocycles. The van der Waals surface area contributed by atoms with Gasteiger partial charge in [-0.1, -0.05) is 29.8 Å². The van der Waals surface area contributed by atoms with E-state index >= 15 is 0 Å². The first kappa shape index (κ1) is 10.5. The summed E-state index contributed by atoms with van der Waals surface area (Å²) in [5.74, 6) is 0.333. The molecule has 0 bridgehead atoms. The summed E-state index contributed by atoms with van der Waals surface area (Å²) < 4.78 is 0. The van der Waals surface area contributed by atoms with E-state index in [-0.39, 0.29) is 0 Å². The molecule has 1 rings (SSSR count). The zero-order chi connectivity index (χ0) is 9.68. The van der Waals surface area contributed by atoms with Crippen LogP contribution in [0.4, 0.5) is 0 Å². The van der Waals surface area contributed by atoms with Crippen molar-refractivity contribution in [3.63, 3.8) is 0 Å². The maximum Gasteiger partial charge on any atom is 0.0438 e. The van der Waals surface area contributed by atoms with E-state index in [2.05, 4.69) is 0 Å². The first-order chi connectivity index (χ1) is 6.27. The number of benzene rings is 1. The monoisotopic (exact) mass is 198 g/mol. The molecule has 0 saturated carbocycles. The van der Waals surface area contributed by atoms with Crippen molar-refractivity contribution in [2.45, 2.75) is 6.42 Å². The van der Waals surface area contributed by atoms with Crippen LogP contribution in [0.15, 0.2) is 24.3 Å². The molecular formula is C10H15ClN2. The Balaban J connectivity index is 2.67. The molecule has 3 heteroatoms. The molecule has 1 aromatic carbocycles. The Morgan fingerprint density at radius 1 is 1.15 bits per heavy atom. The predicted molar refractivity (Wildman–Crippen MR) is 56.8 cm³/mol. The average Bonchev–Trinajstić information content (AvgIpc) is 2.17. The van der Waals surface area contributed by atoms with Crippen LogP contribution in [0.1, 0.15) is 5.56 Å². The van der Waals surface area contributed by atoms with Gasteiger partial charge in [0.1, 0.15) is 0 Å². The van der Waals surface area contributed by atoms with Gasteiger partial charge in [0.2, 0.25) is 0 Å². The van der Waals surface area contributed by atoms with Crippen LogP contribution in [0.25, 0.3) is 0 Å². The zero-order valence-corrected chi connectivity index (χ0v) is 8.30. The number of hydrogen-bond acceptors (Lipinski definition) is 2. The van der Waals surface area contributed by atoms with Gasteiger partial charge in [-0.2, -0.15) is 0 Å². The highest BCUT2D eigenvalue weighted by molar-refractivity contribution is 6.31. The van der Waals surface area contributed by atoms with Crippen molar-refractivity contribution in [1.82, 2.24) is 0 Å². The maximum absolute atomic E-state index is 6.00. The van der Waals surface area contributed by atoms with Crippen molar-refractivity contribution in [3.8, 4) is 0 Å². The molecule has 0 heterocycles. The SMILES string of the molecule is NCC(CN)Cc1ccccc1Cl. The van der Waals surface area contributed by atoms with Crippen LogP contribution in [0.5, 0.6) is 0 Å². The summed E-state index contributed by atoms with van der Waals surface area (Å²) in [4.78, 5) is 0. The van der Waals surface area contributed by atoms with Crippen LogP contribution in [0.3, 0.4) is 0 Å². The molecule has 0 fully saturated rings. The number of halogens is 1. The first-order valence-corrected chi connectivity index (χ1v) is 4.79. The molecule has 0 saturated heterocycles. The van der Waals surface area contributed by atoms with Gasteiger partial charge in [-0.3, -0.25) is 0 Å². The van der Waals surface area contributed by atoms with E-state index in [0.717, 1.165) is 17.0 Å². The van der Waals surface area contributed by atoms with Crippen molar-refractivity contribution < 1.29 is 0 Å². The molecule has 4 N–H and O–H groups in total. The summed E-state index contributed by atoms with van der Waals surface area (Å²) >= 11 is 6.00. The molecule has 0 atom stereocenters. The normalized spacial score (nSPS) is 10.8. The number of nitrogens with two attached hydrogens (primary N) is 2. The van der Waals surface area contributed by atoms with Gasteiger partial charge in [0.15, 0.2) is 0 Å². The molecule has 72 valence electrons. The van der Waals surface area contributed by atoms with Gasteiger partial charge < -0.3 is 11.5 Å². The third-order valence-electron chi connectivity index (χ3n) is 2.13. The van der Waals surface area contributed by atoms with Gasteiger partial charge in [0.05, 0.1) is 0 Å². The highest BCUT2D eigenvalue weighted by Crippen LogP contribution is 2.17. The molecule has 1 aromatic rings. The second-order valence-electron chi connectivity index (χ2n) is 3.13. The Morgan fingerprint density at radius 2 is 1.77 bits per heavy atom. The van der Waals surface area contributed by atoms with E-state index in [1.165, 1.54) is 0 Å². The van der Waals surface area contributed by atoms with Gasteiger partial charge in [0, 0.05) is 5.02 Å². The largest absolute Gasteiger partial charge is 0.330 e. The molecule has 0 spiro atoms. The van der Waals surface area contributed by atoms with E-state index in [0.29, 0.717) is 19.0 Å². The van der Waals surface area contributed by atoms with Crippen molar-refractivity contribution in [1.29, 1.82) is 0 Å². The van der Waals surface area contributed by atoms with E-state index < -0.39 is 0 Å². The van der Waals surface area contributed by atoms with Crippen LogP contribution in [-0.2, 0) is 6.42 Å². The minimum absolute atomic E-state index is 0.333. The second kappa shape index (κ2) is 5.22. The summed E-state index contributed by atoms with van der Waals surface area (Å²) in [5, 5.41) is 0.800. The van der Waals surface area contributed by atoms with Gasteiger partial charge in [-0.05, 0) is 37.1 Å². The van der Waals surface area contributed by atoms with Gasteiger partial charge in [-0.25, -0.2) is 0 Å². The average molecular weight is 199 g/mol. The third kappa shape index (κ3) is 2.99. The molecule has 13 heavy (non-hydrogen) atoms. The van der Waals surface area contributed by atoms with Gasteiger partial charge in [0.25, 0.3) is 0 Å². The lowest BCUT2D eigenvalue weighted by Gasteiger charge is -2.12. The Bertz CT molecular complexity index is 259. The molecule has 2 nitrogen and oxygen atoms in total. The minimum Gasteiger partial charge on any atom is -0.330 e. The fraction of sp³-hybridized carbons (Fsp3) is 0.400. The molecule has 0 radical (unpaired) electrons. The van der Waals surface area contributed by atoms with E-state index in [9.17, 15) is 0 Å². The van der Waals surface area contributed by atoms with Crippen LogP contribution in [0.2, 0.25) is 5.02 Å². The second-order valence-corrected chi connectivity index (χ2v) is 3.54. The van der Waals surface area contributed by atoms with E-state index in [1.807, 2.05) is 24.3 Å². The smallest absolute Gasteiger partial charge is 0.0438 e. The van der Waals surface area contributed by atoms with E-state index in [1.54, 1.807) is 0 Å². The standard InChI is InChI=1S/C10H15ClN2/c11-10-4-2-1-3-9(10)5-8(6-12)7-13/h1-4,8H,5-7,12-13H2. The van der Waals surface area contributed by atoms with Gasteiger partial charge in [-0.15, -0.1) is 0 Å². The first-order valence-electron chi connectivity index (χ1n) is 4.41. The topological polar surface area (TPSA) is 52.0 Å². The Kier molecular flexibility index (Phi) is 4.22. The molecule has 0 aliphatic rings. The Morgan fingerprint density at radius 3 is 2.31 bits per heavy atom. The fourth-order valence-corrected chi connectivity index (χ4v) is 1.45. The van der Waals surface area contributed by atoms with Crippen molar-refractivity contribution in [3.05, 3.63) is 34.9 Å². The van der Waals surface area contributed by atoms with Crippen LogP contribution in [0, 0.1) is 5.92 Å². The molecule has 0 aliphatic heterocycles. The number of rotatable bonds is 4. The molecule has 0 aliphatic carbocycles. The highest BCUT2D eigenvalue weighted by Gasteiger charge is 2.07. The fourth-order valence-electron chi connectivity index (χ4n) is 1.24. The highest BCUT2D eigenvalue weighted by atomic mass is 35.5. The van der Waals surface area contributed by atoms with Crippen LogP contribution >= 0.6 is 11.6 Å². The maximum atomic E-state index is 6.00. The summed E-state index contributed by atoms with van der Waals surface area (Å²) in [6.45, 7) is 1.23. The number of hydrogen-bond donors (Lipinski definition) is 2. The lowest BCUT2D eigenvalue weighted by atomic mass is 10.00. The predicted octanol–water partition coefficient (Wildman–Crippen LogP) is 1.42. The van der Waals surface area contributed by atoms with Crippen molar-refractivity contribution in [2.24, 2.45) is 17.4 Å². The van der Waals surface area contributed by atoms with Crippen LogP contribution in [-0.4, -0.2) is 13.1 Å². The summed E-state index contributed by atoms with van der Waals surface area (Å²) in [6, 6.07) is 7.80. The Labute approximate surface area is 83.9 Å². The quantitative estimate of drug-likeness (QED) is 0.769. The lowest BCUT2D eigenvalue weighted by molar-refractivity contribution is 0.548. The molecule has 0 unspecified atom stereocenters. The lowest BCUT2D eigenvalue weighted by Crippen LogP contribution is -2.25. The zero-order valence-electron chi connectivity index (χ0n) is 7.54. The van der Waals surface area contributed by atoms with Crippen molar-refractivity contribution >= 4 is 11.6 Å². The minimum atomic E-state index is 0.333. The summed E-state index contributed by atoms with van der Waals surface area (Å²) in [6.07, 6.45) is 0.868. The van der Waals surface area contributed by atoms with Gasteiger partial charge >= 0.3 is 0 Å². The molecule has 0 amide bonds. The summed E-state index contributed by atoms with van der Waals surface area (Å²) in [5.41, 5.74) is 12.2. The van der Waals surface area contributed by atoms with Crippen molar-refractivity contribution in [2.75, 3.05) is 13.1 Å². The van der Waals surface area contributed by atoms with E-state index in [4.69, 9.17) is 23.1 Å². The molecular weight excluding hydrogens is 184 g/mol. The van der Waals surface area contributed by atoms with Crippen LogP contribution < -0.4 is 11.5 Å².